The number of hydrogen-bond donors (Lipinski definition) is 7. The SMILES string of the molecule is NC(CC(=O)O)C(=O)NC(Cc1c[nH]c2ccccc12)C(=O)NC(Cc1ccc(O)cc1)C(=O)O. The Morgan fingerprint density at radius 1 is 0.886 bits per heavy atom. The van der Waals surface area contributed by atoms with Crippen LogP contribution in [0, 0.1) is 0 Å². The molecule has 3 aromatic rings. The van der Waals surface area contributed by atoms with Crippen molar-refractivity contribution in [2.24, 2.45) is 5.73 Å². The largest absolute Gasteiger partial charge is 0.508 e. The van der Waals surface area contributed by atoms with Gasteiger partial charge in [-0.3, -0.25) is 14.4 Å². The number of hydrogen-bond acceptors (Lipinski definition) is 6. The highest BCUT2D eigenvalue weighted by Gasteiger charge is 2.29. The molecule has 1 heterocycles. The molecule has 1 aromatic heterocycles. The number of nitrogens with one attached hydrogen (secondary N) is 3. The van der Waals surface area contributed by atoms with E-state index in [1.165, 1.54) is 24.3 Å². The van der Waals surface area contributed by atoms with Crippen LogP contribution in [0.2, 0.25) is 0 Å². The highest BCUT2D eigenvalue weighted by atomic mass is 16.4. The number of aromatic amines is 1. The second-order valence-corrected chi connectivity index (χ2v) is 8.10. The normalized spacial score (nSPS) is 13.5. The number of carbonyl (C=O) groups is 4. The number of benzene rings is 2. The number of para-hydroxylation sites is 1. The van der Waals surface area contributed by atoms with Crippen LogP contribution >= 0.6 is 0 Å². The molecule has 0 radical (unpaired) electrons. The molecule has 3 unspecified atom stereocenters. The highest BCUT2D eigenvalue weighted by Crippen LogP contribution is 2.19. The fourth-order valence-electron chi connectivity index (χ4n) is 3.63. The number of amides is 2. The third-order valence-corrected chi connectivity index (χ3v) is 5.45. The molecule has 0 bridgehead atoms. The van der Waals surface area contributed by atoms with Gasteiger partial charge in [-0.05, 0) is 29.3 Å². The van der Waals surface area contributed by atoms with Gasteiger partial charge in [0, 0.05) is 29.9 Å². The van der Waals surface area contributed by atoms with E-state index < -0.39 is 48.3 Å². The molecule has 0 aliphatic heterocycles. The smallest absolute Gasteiger partial charge is 0.326 e. The first-order valence-electron chi connectivity index (χ1n) is 10.8. The minimum Gasteiger partial charge on any atom is -0.508 e. The van der Waals surface area contributed by atoms with Crippen LogP contribution in [0.4, 0.5) is 0 Å². The van der Waals surface area contributed by atoms with Crippen LogP contribution in [-0.4, -0.2) is 62.2 Å². The summed E-state index contributed by atoms with van der Waals surface area (Å²) < 4.78 is 0. The fraction of sp³-hybridized carbons (Fsp3) is 0.250. The number of carboxylic acid groups (broad SMARTS) is 2. The molecule has 0 aliphatic rings. The number of phenolic OH excluding ortho intramolecular Hbond substituents is 1. The van der Waals surface area contributed by atoms with Crippen LogP contribution < -0.4 is 16.4 Å². The molecule has 3 rings (SSSR count). The summed E-state index contributed by atoms with van der Waals surface area (Å²) in [5.74, 6) is -4.16. The summed E-state index contributed by atoms with van der Waals surface area (Å²) in [5.41, 5.74) is 7.72. The first-order valence-corrected chi connectivity index (χ1v) is 10.8. The van der Waals surface area contributed by atoms with Gasteiger partial charge in [0.15, 0.2) is 0 Å². The third kappa shape index (κ3) is 6.81. The van der Waals surface area contributed by atoms with Crippen LogP contribution in [0.3, 0.4) is 0 Å². The number of phenols is 1. The Bertz CT molecular complexity index is 1220. The van der Waals surface area contributed by atoms with Crippen molar-refractivity contribution >= 4 is 34.7 Å². The predicted octanol–water partition coefficient (Wildman–Crippen LogP) is 0.515. The number of carbonyl (C=O) groups excluding carboxylic acids is 2. The van der Waals surface area contributed by atoms with Gasteiger partial charge in [0.2, 0.25) is 11.8 Å². The summed E-state index contributed by atoms with van der Waals surface area (Å²) >= 11 is 0. The summed E-state index contributed by atoms with van der Waals surface area (Å²) in [6.07, 6.45) is 0.992. The summed E-state index contributed by atoms with van der Waals surface area (Å²) in [4.78, 5) is 51.5. The minimum absolute atomic E-state index is 0.00687. The second kappa shape index (κ2) is 11.2. The summed E-state index contributed by atoms with van der Waals surface area (Å²) in [7, 11) is 0. The lowest BCUT2D eigenvalue weighted by Gasteiger charge is -2.23. The average molecular weight is 482 g/mol. The third-order valence-electron chi connectivity index (χ3n) is 5.45. The second-order valence-electron chi connectivity index (χ2n) is 8.10. The van der Waals surface area contributed by atoms with E-state index in [0.717, 1.165) is 10.9 Å². The predicted molar refractivity (Wildman–Crippen MR) is 126 cm³/mol. The average Bonchev–Trinajstić information content (AvgIpc) is 3.21. The Morgan fingerprint density at radius 3 is 2.20 bits per heavy atom. The van der Waals surface area contributed by atoms with Gasteiger partial charge in [0.25, 0.3) is 0 Å². The number of aromatic nitrogens is 1. The van der Waals surface area contributed by atoms with Crippen LogP contribution in [-0.2, 0) is 32.0 Å². The van der Waals surface area contributed by atoms with E-state index in [2.05, 4.69) is 15.6 Å². The van der Waals surface area contributed by atoms with Crippen LogP contribution in [0.25, 0.3) is 10.9 Å². The van der Waals surface area contributed by atoms with Crippen molar-refractivity contribution in [1.82, 2.24) is 15.6 Å². The molecule has 0 aliphatic carbocycles. The lowest BCUT2D eigenvalue weighted by molar-refractivity contribution is -0.142. The molecular formula is C24H26N4O7. The van der Waals surface area contributed by atoms with E-state index >= 15 is 0 Å². The fourth-order valence-corrected chi connectivity index (χ4v) is 3.63. The Hall–Kier alpha value is -4.38. The molecule has 11 nitrogen and oxygen atoms in total. The summed E-state index contributed by atoms with van der Waals surface area (Å²) in [5, 5.41) is 33.7. The summed E-state index contributed by atoms with van der Waals surface area (Å²) in [6, 6.07) is 9.27. The van der Waals surface area contributed by atoms with E-state index in [4.69, 9.17) is 10.8 Å². The number of aromatic hydroxyl groups is 1. The first-order chi connectivity index (χ1) is 16.6. The molecule has 3 atom stereocenters. The van der Waals surface area contributed by atoms with Gasteiger partial charge >= 0.3 is 11.9 Å². The van der Waals surface area contributed by atoms with Gasteiger partial charge < -0.3 is 36.7 Å². The van der Waals surface area contributed by atoms with Gasteiger partial charge in [-0.15, -0.1) is 0 Å². The lowest BCUT2D eigenvalue weighted by atomic mass is 10.0. The Kier molecular flexibility index (Phi) is 8.05. The number of carboxylic acids is 2. The zero-order valence-corrected chi connectivity index (χ0v) is 18.6. The molecule has 0 spiro atoms. The molecule has 0 fully saturated rings. The van der Waals surface area contributed by atoms with E-state index in [9.17, 15) is 29.4 Å². The number of H-pyrrole nitrogens is 1. The van der Waals surface area contributed by atoms with Crippen LogP contribution in [0.5, 0.6) is 5.75 Å². The van der Waals surface area contributed by atoms with Gasteiger partial charge in [-0.25, -0.2) is 4.79 Å². The standard InChI is InChI=1S/C24H26N4O7/c25-17(11-21(30)31)22(32)27-19(10-14-12-26-18-4-2-1-3-16(14)18)23(33)28-20(24(34)35)9-13-5-7-15(29)8-6-13/h1-8,12,17,19-20,26,29H,9-11,25H2,(H,27,32)(H,28,33)(H,30,31)(H,34,35). The maximum atomic E-state index is 13.1. The molecule has 184 valence electrons. The number of fused-ring (bicyclic) bond motifs is 1. The van der Waals surface area contributed by atoms with Gasteiger partial charge in [0.05, 0.1) is 12.5 Å². The Balaban J connectivity index is 1.81. The van der Waals surface area contributed by atoms with E-state index in [1.54, 1.807) is 6.20 Å². The molecule has 0 saturated heterocycles. The van der Waals surface area contributed by atoms with Crippen LogP contribution in [0.15, 0.2) is 54.7 Å². The molecule has 8 N–H and O–H groups in total. The van der Waals surface area contributed by atoms with Crippen molar-refractivity contribution in [2.75, 3.05) is 0 Å². The van der Waals surface area contributed by atoms with Gasteiger partial charge in [-0.2, -0.15) is 0 Å². The zero-order valence-electron chi connectivity index (χ0n) is 18.6. The molecular weight excluding hydrogens is 456 g/mol. The monoisotopic (exact) mass is 482 g/mol. The van der Waals surface area contributed by atoms with Crippen molar-refractivity contribution in [1.29, 1.82) is 0 Å². The van der Waals surface area contributed by atoms with E-state index in [-0.39, 0.29) is 18.6 Å². The van der Waals surface area contributed by atoms with Crippen LogP contribution in [0.1, 0.15) is 17.5 Å². The quantitative estimate of drug-likeness (QED) is 0.205. The zero-order chi connectivity index (χ0) is 25.5. The topological polar surface area (TPSA) is 195 Å². The van der Waals surface area contributed by atoms with Crippen molar-refractivity contribution in [3.63, 3.8) is 0 Å². The lowest BCUT2D eigenvalue weighted by Crippen LogP contribution is -2.55. The number of rotatable bonds is 11. The maximum Gasteiger partial charge on any atom is 0.326 e. The van der Waals surface area contributed by atoms with Crippen molar-refractivity contribution in [3.8, 4) is 5.75 Å². The van der Waals surface area contributed by atoms with Crippen molar-refractivity contribution in [2.45, 2.75) is 37.4 Å². The first kappa shape index (κ1) is 25.2. The molecule has 2 aromatic carbocycles. The molecule has 11 heteroatoms. The molecule has 35 heavy (non-hydrogen) atoms. The van der Waals surface area contributed by atoms with Crippen molar-refractivity contribution < 1.29 is 34.5 Å². The molecule has 0 saturated carbocycles. The Morgan fingerprint density at radius 2 is 1.54 bits per heavy atom. The van der Waals surface area contributed by atoms with E-state index in [1.807, 2.05) is 24.3 Å². The highest BCUT2D eigenvalue weighted by molar-refractivity contribution is 5.94. The Labute approximate surface area is 199 Å². The number of nitrogens with two attached hydrogens (primary N) is 1. The summed E-state index contributed by atoms with van der Waals surface area (Å²) in [6.45, 7) is 0. The van der Waals surface area contributed by atoms with E-state index in [0.29, 0.717) is 11.1 Å². The maximum absolute atomic E-state index is 13.1. The van der Waals surface area contributed by atoms with Crippen molar-refractivity contribution in [3.05, 3.63) is 65.9 Å². The molecule has 2 amide bonds. The number of aliphatic carboxylic acids is 2. The van der Waals surface area contributed by atoms with Gasteiger partial charge in [-0.1, -0.05) is 30.3 Å². The minimum atomic E-state index is -1.39. The van der Waals surface area contributed by atoms with Gasteiger partial charge in [0.1, 0.15) is 17.8 Å².